The number of nitrogens with zero attached hydrogens (tertiary/aromatic N) is 1. The summed E-state index contributed by atoms with van der Waals surface area (Å²) in [6.45, 7) is 0. The van der Waals surface area contributed by atoms with Gasteiger partial charge in [0.15, 0.2) is 0 Å². The zero-order valence-electron chi connectivity index (χ0n) is 6.13. The molecule has 62 valence electrons. The second kappa shape index (κ2) is 2.53. The Balaban J connectivity index is 2.69. The Hall–Kier alpha value is -0.430. The Labute approximate surface area is 86.5 Å². The van der Waals surface area contributed by atoms with Gasteiger partial charge >= 0.3 is 0 Å². The molecule has 0 aromatic carbocycles. The highest BCUT2D eigenvalue weighted by Gasteiger charge is 2.35. The Morgan fingerprint density at radius 2 is 2.08 bits per heavy atom. The van der Waals surface area contributed by atoms with E-state index in [2.05, 4.69) is 22.6 Å². The van der Waals surface area contributed by atoms with Crippen LogP contribution in [0, 0.1) is 2.88 Å². The molecule has 0 N–H and O–H groups in total. The van der Waals surface area contributed by atoms with Crippen molar-refractivity contribution in [2.45, 2.75) is 0 Å². The first-order valence-corrected chi connectivity index (χ1v) is 5.18. The summed E-state index contributed by atoms with van der Waals surface area (Å²) in [5.74, 6) is -0.366. The molecule has 0 spiro atoms. The lowest BCUT2D eigenvalue weighted by molar-refractivity contribution is 0.0692. The minimum atomic E-state index is -0.186. The van der Waals surface area contributed by atoms with Crippen molar-refractivity contribution >= 4 is 45.7 Å². The maximum absolute atomic E-state index is 11.4. The van der Waals surface area contributed by atoms with Crippen LogP contribution < -0.4 is 0 Å². The number of hydrogen-bond acceptors (Lipinski definition) is 3. The largest absolute Gasteiger partial charge is 0.277 e. The summed E-state index contributed by atoms with van der Waals surface area (Å²) in [5.41, 5.74) is 1.13. The third-order valence-corrected chi connectivity index (χ3v) is 3.87. The molecule has 0 unspecified atom stereocenters. The van der Waals surface area contributed by atoms with Crippen LogP contribution in [0.1, 0.15) is 20.7 Å². The zero-order valence-corrected chi connectivity index (χ0v) is 9.10. The molecule has 2 rings (SSSR count). The average Bonchev–Trinajstić information content (AvgIpc) is 2.51. The molecule has 0 saturated carbocycles. The van der Waals surface area contributed by atoms with Crippen molar-refractivity contribution in [3.05, 3.63) is 19.4 Å². The normalized spacial score (nSPS) is 15.7. The molecule has 1 aliphatic heterocycles. The van der Waals surface area contributed by atoms with E-state index in [1.165, 1.54) is 18.4 Å². The van der Waals surface area contributed by atoms with Gasteiger partial charge in [0.05, 0.1) is 14.0 Å². The standard InChI is InChI=1S/C7H4INO2S/c1-9-6(10)3-2-12-5(8)4(3)7(9)11/h2H,1H3. The Bertz CT molecular complexity index is 385. The van der Waals surface area contributed by atoms with Gasteiger partial charge in [0, 0.05) is 12.4 Å². The maximum Gasteiger partial charge on any atom is 0.263 e. The second-order valence-electron chi connectivity index (χ2n) is 2.47. The smallest absolute Gasteiger partial charge is 0.263 e. The molecule has 5 heteroatoms. The quantitative estimate of drug-likeness (QED) is 0.538. The summed E-state index contributed by atoms with van der Waals surface area (Å²) < 4.78 is 0.894. The molecule has 0 radical (unpaired) electrons. The van der Waals surface area contributed by atoms with Gasteiger partial charge in [0.2, 0.25) is 0 Å². The molecule has 0 atom stereocenters. The maximum atomic E-state index is 11.4. The molecule has 0 saturated heterocycles. The second-order valence-corrected chi connectivity index (χ2v) is 5.16. The van der Waals surface area contributed by atoms with Gasteiger partial charge in [-0.15, -0.1) is 11.3 Å². The van der Waals surface area contributed by atoms with Gasteiger partial charge in [-0.1, -0.05) is 0 Å². The molecule has 1 aromatic rings. The predicted octanol–water partition coefficient (Wildman–Crippen LogP) is 1.58. The van der Waals surface area contributed by atoms with E-state index in [9.17, 15) is 9.59 Å². The van der Waals surface area contributed by atoms with Crippen molar-refractivity contribution in [1.29, 1.82) is 0 Å². The van der Waals surface area contributed by atoms with E-state index in [1.54, 1.807) is 5.38 Å². The van der Waals surface area contributed by atoms with E-state index in [4.69, 9.17) is 0 Å². The molecule has 0 bridgehead atoms. The van der Waals surface area contributed by atoms with Crippen LogP contribution in [-0.2, 0) is 0 Å². The van der Waals surface area contributed by atoms with Crippen LogP contribution in [-0.4, -0.2) is 23.8 Å². The number of amides is 2. The molecule has 2 heterocycles. The van der Waals surface area contributed by atoms with Crippen LogP contribution in [0.5, 0.6) is 0 Å². The predicted molar refractivity (Wildman–Crippen MR) is 53.5 cm³/mol. The fourth-order valence-electron chi connectivity index (χ4n) is 1.13. The number of fused-ring (bicyclic) bond motifs is 1. The molecule has 0 fully saturated rings. The molecular weight excluding hydrogens is 289 g/mol. The van der Waals surface area contributed by atoms with Gasteiger partial charge in [-0.25, -0.2) is 0 Å². The minimum absolute atomic E-state index is 0.180. The summed E-state index contributed by atoms with van der Waals surface area (Å²) in [6.07, 6.45) is 0. The molecule has 12 heavy (non-hydrogen) atoms. The van der Waals surface area contributed by atoms with Gasteiger partial charge in [0.1, 0.15) is 0 Å². The lowest BCUT2D eigenvalue weighted by atomic mass is 10.2. The van der Waals surface area contributed by atoms with Crippen molar-refractivity contribution in [3.63, 3.8) is 0 Å². The van der Waals surface area contributed by atoms with Crippen molar-refractivity contribution in [1.82, 2.24) is 4.90 Å². The number of hydrogen-bond donors (Lipinski definition) is 0. The van der Waals surface area contributed by atoms with Gasteiger partial charge in [0.25, 0.3) is 11.8 Å². The van der Waals surface area contributed by atoms with Crippen molar-refractivity contribution < 1.29 is 9.59 Å². The van der Waals surface area contributed by atoms with Crippen LogP contribution >= 0.6 is 33.9 Å². The topological polar surface area (TPSA) is 37.4 Å². The van der Waals surface area contributed by atoms with Crippen LogP contribution in [0.15, 0.2) is 5.38 Å². The summed E-state index contributed by atoms with van der Waals surface area (Å²) in [4.78, 5) is 23.9. The van der Waals surface area contributed by atoms with E-state index in [1.807, 2.05) is 0 Å². The molecule has 0 aliphatic carbocycles. The number of rotatable bonds is 0. The fraction of sp³-hybridized carbons (Fsp3) is 0.143. The molecular formula is C7H4INO2S. The number of carbonyl (C=O) groups excluding carboxylic acids is 2. The third-order valence-electron chi connectivity index (χ3n) is 1.80. The molecule has 1 aromatic heterocycles. The highest BCUT2D eigenvalue weighted by molar-refractivity contribution is 14.1. The Morgan fingerprint density at radius 1 is 1.42 bits per heavy atom. The number of halogens is 1. The van der Waals surface area contributed by atoms with Gasteiger partial charge in [-0.2, -0.15) is 0 Å². The van der Waals surface area contributed by atoms with E-state index in [0.29, 0.717) is 11.1 Å². The summed E-state index contributed by atoms with van der Waals surface area (Å²) in [6, 6.07) is 0. The third kappa shape index (κ3) is 0.861. The summed E-state index contributed by atoms with van der Waals surface area (Å²) in [5, 5.41) is 1.74. The van der Waals surface area contributed by atoms with E-state index < -0.39 is 0 Å². The SMILES string of the molecule is CN1C(=O)c2csc(I)c2C1=O. The van der Waals surface area contributed by atoms with Crippen LogP contribution in [0.4, 0.5) is 0 Å². The summed E-state index contributed by atoms with van der Waals surface area (Å²) >= 11 is 3.51. The molecule has 2 amide bonds. The van der Waals surface area contributed by atoms with Gasteiger partial charge in [-0.05, 0) is 22.6 Å². The lowest BCUT2D eigenvalue weighted by Crippen LogP contribution is -2.24. The van der Waals surface area contributed by atoms with Crippen LogP contribution in [0.2, 0.25) is 0 Å². The summed E-state index contributed by atoms with van der Waals surface area (Å²) in [7, 11) is 1.51. The van der Waals surface area contributed by atoms with E-state index in [-0.39, 0.29) is 11.8 Å². The lowest BCUT2D eigenvalue weighted by Gasteiger charge is -2.03. The first-order chi connectivity index (χ1) is 5.63. The van der Waals surface area contributed by atoms with Gasteiger partial charge in [-0.3, -0.25) is 14.5 Å². The number of thiophene rings is 1. The first kappa shape index (κ1) is 8.18. The monoisotopic (exact) mass is 293 g/mol. The number of imide groups is 1. The van der Waals surface area contributed by atoms with E-state index >= 15 is 0 Å². The molecule has 1 aliphatic rings. The highest BCUT2D eigenvalue weighted by atomic mass is 127. The van der Waals surface area contributed by atoms with Crippen molar-refractivity contribution in [2.75, 3.05) is 7.05 Å². The van der Waals surface area contributed by atoms with Crippen molar-refractivity contribution in [2.24, 2.45) is 0 Å². The van der Waals surface area contributed by atoms with Crippen LogP contribution in [0.3, 0.4) is 0 Å². The highest BCUT2D eigenvalue weighted by Crippen LogP contribution is 2.30. The average molecular weight is 293 g/mol. The zero-order chi connectivity index (χ0) is 8.88. The molecule has 3 nitrogen and oxygen atoms in total. The Kier molecular flexibility index (Phi) is 1.72. The number of carbonyl (C=O) groups is 2. The van der Waals surface area contributed by atoms with Crippen LogP contribution in [0.25, 0.3) is 0 Å². The van der Waals surface area contributed by atoms with Gasteiger partial charge < -0.3 is 0 Å². The fourth-order valence-corrected chi connectivity index (χ4v) is 2.79. The van der Waals surface area contributed by atoms with Crippen molar-refractivity contribution in [3.8, 4) is 0 Å². The van der Waals surface area contributed by atoms with E-state index in [0.717, 1.165) is 7.78 Å². The Morgan fingerprint density at radius 3 is 2.67 bits per heavy atom. The minimum Gasteiger partial charge on any atom is -0.277 e. The first-order valence-electron chi connectivity index (χ1n) is 3.22.